The molecule has 18 heavy (non-hydrogen) atoms. The Balaban J connectivity index is 1.69. The predicted octanol–water partition coefficient (Wildman–Crippen LogP) is 2.57. The maximum absolute atomic E-state index is 4.31. The molecule has 0 bridgehead atoms. The fraction of sp³-hybridized carbons (Fsp3) is 0.667. The Bertz CT molecular complexity index is 400. The molecular formula is C15H23N3. The Morgan fingerprint density at radius 2 is 2.28 bits per heavy atom. The van der Waals surface area contributed by atoms with Crippen molar-refractivity contribution in [2.45, 2.75) is 45.2 Å². The molecule has 1 unspecified atom stereocenters. The molecular weight excluding hydrogens is 222 g/mol. The second kappa shape index (κ2) is 5.27. The van der Waals surface area contributed by atoms with Crippen molar-refractivity contribution in [3.05, 3.63) is 24.0 Å². The molecule has 1 aliphatic carbocycles. The predicted molar refractivity (Wildman–Crippen MR) is 74.7 cm³/mol. The van der Waals surface area contributed by atoms with E-state index in [1.54, 1.807) is 0 Å². The highest BCUT2D eigenvalue weighted by Crippen LogP contribution is 2.28. The topological polar surface area (TPSA) is 28.2 Å². The quantitative estimate of drug-likeness (QED) is 0.864. The largest absolute Gasteiger partial charge is 0.370 e. The summed E-state index contributed by atoms with van der Waals surface area (Å²) >= 11 is 0. The summed E-state index contributed by atoms with van der Waals surface area (Å²) in [6, 6.07) is 2.94. The van der Waals surface area contributed by atoms with Gasteiger partial charge in [-0.25, -0.2) is 0 Å². The molecule has 2 heterocycles. The summed E-state index contributed by atoms with van der Waals surface area (Å²) in [5.41, 5.74) is 2.76. The van der Waals surface area contributed by atoms with E-state index in [1.165, 1.54) is 50.0 Å². The van der Waals surface area contributed by atoms with Crippen molar-refractivity contribution < 1.29 is 0 Å². The van der Waals surface area contributed by atoms with Gasteiger partial charge in [-0.3, -0.25) is 4.98 Å². The van der Waals surface area contributed by atoms with Crippen LogP contribution < -0.4 is 10.2 Å². The monoisotopic (exact) mass is 245 g/mol. The SMILES string of the molecule is CCC1CCN(c2cnccc2CNC2CC2)C1. The van der Waals surface area contributed by atoms with Crippen LogP contribution in [0.1, 0.15) is 38.2 Å². The van der Waals surface area contributed by atoms with Crippen molar-refractivity contribution >= 4 is 5.69 Å². The van der Waals surface area contributed by atoms with Crippen molar-refractivity contribution in [1.82, 2.24) is 10.3 Å². The van der Waals surface area contributed by atoms with Gasteiger partial charge in [-0.2, -0.15) is 0 Å². The lowest BCUT2D eigenvalue weighted by atomic mass is 10.1. The molecule has 1 saturated carbocycles. The zero-order valence-corrected chi connectivity index (χ0v) is 11.2. The Labute approximate surface area is 110 Å². The van der Waals surface area contributed by atoms with Gasteiger partial charge in [-0.1, -0.05) is 13.3 Å². The minimum atomic E-state index is 0.771. The highest BCUT2D eigenvalue weighted by molar-refractivity contribution is 5.52. The van der Waals surface area contributed by atoms with Crippen LogP contribution in [0.5, 0.6) is 0 Å². The van der Waals surface area contributed by atoms with Crippen molar-refractivity contribution in [2.75, 3.05) is 18.0 Å². The Morgan fingerprint density at radius 1 is 1.39 bits per heavy atom. The van der Waals surface area contributed by atoms with Crippen LogP contribution in [-0.2, 0) is 6.54 Å². The van der Waals surface area contributed by atoms with E-state index in [9.17, 15) is 0 Å². The van der Waals surface area contributed by atoms with Gasteiger partial charge >= 0.3 is 0 Å². The molecule has 3 nitrogen and oxygen atoms in total. The minimum Gasteiger partial charge on any atom is -0.370 e. The van der Waals surface area contributed by atoms with Gasteiger partial charge in [-0.05, 0) is 36.8 Å². The first-order chi connectivity index (χ1) is 8.86. The number of aromatic nitrogens is 1. The second-order valence-corrected chi connectivity index (χ2v) is 5.67. The van der Waals surface area contributed by atoms with E-state index >= 15 is 0 Å². The number of rotatable bonds is 5. The summed E-state index contributed by atoms with van der Waals surface area (Å²) in [5.74, 6) is 0.870. The molecule has 1 atom stereocenters. The highest BCUT2D eigenvalue weighted by Gasteiger charge is 2.24. The third kappa shape index (κ3) is 2.66. The molecule has 2 fully saturated rings. The van der Waals surface area contributed by atoms with Crippen molar-refractivity contribution in [1.29, 1.82) is 0 Å². The standard InChI is InChI=1S/C15H23N3/c1-2-12-6-8-18(11-12)15-10-16-7-5-13(15)9-17-14-3-4-14/h5,7,10,12,14,17H,2-4,6,8-9,11H2,1H3. The maximum atomic E-state index is 4.31. The van der Waals surface area contributed by atoms with Crippen LogP contribution in [0.3, 0.4) is 0 Å². The van der Waals surface area contributed by atoms with Crippen LogP contribution in [-0.4, -0.2) is 24.1 Å². The number of hydrogen-bond acceptors (Lipinski definition) is 3. The van der Waals surface area contributed by atoms with E-state index in [1.807, 2.05) is 12.4 Å². The summed E-state index contributed by atoms with van der Waals surface area (Å²) < 4.78 is 0. The normalized spacial score (nSPS) is 23.6. The second-order valence-electron chi connectivity index (χ2n) is 5.67. The van der Waals surface area contributed by atoms with Crippen LogP contribution in [0, 0.1) is 5.92 Å². The zero-order valence-electron chi connectivity index (χ0n) is 11.2. The van der Waals surface area contributed by atoms with Gasteiger partial charge in [0.2, 0.25) is 0 Å². The average molecular weight is 245 g/mol. The highest BCUT2D eigenvalue weighted by atomic mass is 15.2. The number of nitrogens with one attached hydrogen (secondary N) is 1. The molecule has 98 valence electrons. The zero-order chi connectivity index (χ0) is 12.4. The van der Waals surface area contributed by atoms with Crippen molar-refractivity contribution in [3.8, 4) is 0 Å². The molecule has 1 N–H and O–H groups in total. The van der Waals surface area contributed by atoms with Gasteiger partial charge in [-0.15, -0.1) is 0 Å². The molecule has 1 aliphatic heterocycles. The molecule has 1 saturated heterocycles. The van der Waals surface area contributed by atoms with E-state index in [2.05, 4.69) is 28.2 Å². The Kier molecular flexibility index (Phi) is 3.50. The van der Waals surface area contributed by atoms with E-state index in [0.717, 1.165) is 18.5 Å². The van der Waals surface area contributed by atoms with E-state index in [0.29, 0.717) is 0 Å². The summed E-state index contributed by atoms with van der Waals surface area (Å²) in [6.45, 7) is 5.70. The van der Waals surface area contributed by atoms with Crippen molar-refractivity contribution in [3.63, 3.8) is 0 Å². The van der Waals surface area contributed by atoms with E-state index in [-0.39, 0.29) is 0 Å². The number of nitrogens with zero attached hydrogens (tertiary/aromatic N) is 2. The van der Waals surface area contributed by atoms with Gasteiger partial charge in [0.25, 0.3) is 0 Å². The third-order valence-electron chi connectivity index (χ3n) is 4.25. The molecule has 0 amide bonds. The van der Waals surface area contributed by atoms with Crippen LogP contribution in [0.2, 0.25) is 0 Å². The molecule has 0 aromatic carbocycles. The Morgan fingerprint density at radius 3 is 3.00 bits per heavy atom. The van der Waals surface area contributed by atoms with Gasteiger partial charge in [0, 0.05) is 31.9 Å². The first-order valence-corrected chi connectivity index (χ1v) is 7.28. The summed E-state index contributed by atoms with van der Waals surface area (Å²) in [5, 5.41) is 3.61. The van der Waals surface area contributed by atoms with Crippen molar-refractivity contribution in [2.24, 2.45) is 5.92 Å². The van der Waals surface area contributed by atoms with Gasteiger partial charge in [0.15, 0.2) is 0 Å². The maximum Gasteiger partial charge on any atom is 0.0598 e. The average Bonchev–Trinajstić information content (AvgIpc) is 3.12. The van der Waals surface area contributed by atoms with Crippen LogP contribution in [0.4, 0.5) is 5.69 Å². The first kappa shape index (κ1) is 12.0. The third-order valence-corrected chi connectivity index (χ3v) is 4.25. The summed E-state index contributed by atoms with van der Waals surface area (Å²) in [7, 11) is 0. The number of hydrogen-bond donors (Lipinski definition) is 1. The molecule has 3 rings (SSSR count). The van der Waals surface area contributed by atoms with Crippen LogP contribution in [0.25, 0.3) is 0 Å². The van der Waals surface area contributed by atoms with Crippen LogP contribution in [0.15, 0.2) is 18.5 Å². The van der Waals surface area contributed by atoms with E-state index in [4.69, 9.17) is 0 Å². The molecule has 0 spiro atoms. The van der Waals surface area contributed by atoms with Gasteiger partial charge in [0.05, 0.1) is 11.9 Å². The molecule has 2 aliphatic rings. The van der Waals surface area contributed by atoms with Gasteiger partial charge < -0.3 is 10.2 Å². The first-order valence-electron chi connectivity index (χ1n) is 7.28. The Hall–Kier alpha value is -1.09. The van der Waals surface area contributed by atoms with Crippen LogP contribution >= 0.6 is 0 Å². The summed E-state index contributed by atoms with van der Waals surface area (Å²) in [4.78, 5) is 6.83. The molecule has 3 heteroatoms. The number of pyridine rings is 1. The molecule has 0 radical (unpaired) electrons. The lowest BCUT2D eigenvalue weighted by Gasteiger charge is -2.21. The van der Waals surface area contributed by atoms with E-state index < -0.39 is 0 Å². The lowest BCUT2D eigenvalue weighted by Crippen LogP contribution is -2.23. The number of anilines is 1. The fourth-order valence-corrected chi connectivity index (χ4v) is 2.78. The minimum absolute atomic E-state index is 0.771. The smallest absolute Gasteiger partial charge is 0.0598 e. The molecule has 1 aromatic rings. The fourth-order valence-electron chi connectivity index (χ4n) is 2.78. The summed E-state index contributed by atoms with van der Waals surface area (Å²) in [6.07, 6.45) is 9.29. The molecule has 1 aromatic heterocycles. The van der Waals surface area contributed by atoms with Gasteiger partial charge in [0.1, 0.15) is 0 Å². The lowest BCUT2D eigenvalue weighted by molar-refractivity contribution is 0.569.